The van der Waals surface area contributed by atoms with Gasteiger partial charge >= 0.3 is 12.1 Å². The molecule has 0 bridgehead atoms. The highest BCUT2D eigenvalue weighted by molar-refractivity contribution is 7.92. The summed E-state index contributed by atoms with van der Waals surface area (Å²) in [4.78, 5) is 14.4. The molecule has 0 unspecified atom stereocenters. The second-order valence-electron chi connectivity index (χ2n) is 8.16. The van der Waals surface area contributed by atoms with Crippen LogP contribution in [0.3, 0.4) is 0 Å². The molecule has 194 valence electrons. The fourth-order valence-corrected chi connectivity index (χ4v) is 5.30. The van der Waals surface area contributed by atoms with Crippen LogP contribution in [0.2, 0.25) is 0 Å². The van der Waals surface area contributed by atoms with E-state index in [2.05, 4.69) is 4.98 Å². The van der Waals surface area contributed by atoms with Gasteiger partial charge < -0.3 is 9.84 Å². The number of nitrogens with zero attached hydrogens (tertiary/aromatic N) is 2. The molecule has 0 spiro atoms. The molecule has 1 aromatic heterocycles. The van der Waals surface area contributed by atoms with E-state index in [1.807, 2.05) is 0 Å². The molecule has 1 atom stereocenters. The van der Waals surface area contributed by atoms with Gasteiger partial charge in [-0.05, 0) is 60.5 Å². The van der Waals surface area contributed by atoms with E-state index in [-0.39, 0.29) is 36.5 Å². The topological polar surface area (TPSA) is 96.8 Å². The zero-order valence-electron chi connectivity index (χ0n) is 19.0. The summed E-state index contributed by atoms with van der Waals surface area (Å²) < 4.78 is 87.5. The average Bonchev–Trinajstić information content (AvgIpc) is 2.86. The number of rotatable bonds is 7. The Morgan fingerprint density at radius 2 is 1.92 bits per heavy atom. The molecule has 37 heavy (non-hydrogen) atoms. The van der Waals surface area contributed by atoms with E-state index in [1.165, 1.54) is 42.6 Å². The molecule has 0 amide bonds. The first-order valence-corrected chi connectivity index (χ1v) is 12.4. The van der Waals surface area contributed by atoms with Gasteiger partial charge in [0.05, 0.1) is 28.4 Å². The highest BCUT2D eigenvalue weighted by atomic mass is 32.2. The number of hydrogen-bond donors (Lipinski definition) is 1. The van der Waals surface area contributed by atoms with Crippen molar-refractivity contribution in [1.82, 2.24) is 4.98 Å². The highest BCUT2D eigenvalue weighted by Gasteiger charge is 2.37. The number of alkyl halides is 3. The number of benzene rings is 2. The van der Waals surface area contributed by atoms with Crippen molar-refractivity contribution < 1.29 is 40.6 Å². The molecule has 0 aliphatic carbocycles. The Bertz CT molecular complexity index is 1460. The monoisotopic (exact) mass is 536 g/mol. The van der Waals surface area contributed by atoms with Gasteiger partial charge in [-0.25, -0.2) is 12.8 Å². The maximum Gasteiger partial charge on any atom is 0.416 e. The Balaban J connectivity index is 1.75. The number of carbonyl (C=O) groups is 1. The van der Waals surface area contributed by atoms with Gasteiger partial charge in [-0.15, -0.1) is 0 Å². The van der Waals surface area contributed by atoms with Gasteiger partial charge in [-0.1, -0.05) is 18.2 Å². The van der Waals surface area contributed by atoms with Crippen molar-refractivity contribution in [3.8, 4) is 5.75 Å². The van der Waals surface area contributed by atoms with E-state index in [4.69, 9.17) is 9.84 Å². The third-order valence-electron chi connectivity index (χ3n) is 5.56. The summed E-state index contributed by atoms with van der Waals surface area (Å²) in [6.45, 7) is -0.319. The van der Waals surface area contributed by atoms with E-state index in [1.54, 1.807) is 6.07 Å². The summed E-state index contributed by atoms with van der Waals surface area (Å²) in [5.74, 6) is -1.56. The minimum Gasteiger partial charge on any atom is -0.486 e. The predicted octanol–water partition coefficient (Wildman–Crippen LogP) is 5.23. The second kappa shape index (κ2) is 10.2. The minimum atomic E-state index is -4.75. The fourth-order valence-electron chi connectivity index (χ4n) is 3.75. The molecule has 4 rings (SSSR count). The van der Waals surface area contributed by atoms with Crippen LogP contribution in [0, 0.1) is 5.82 Å². The maximum absolute atomic E-state index is 13.9. The van der Waals surface area contributed by atoms with Crippen LogP contribution < -0.4 is 9.04 Å². The van der Waals surface area contributed by atoms with Crippen LogP contribution in [-0.4, -0.2) is 37.1 Å². The first-order valence-electron chi connectivity index (χ1n) is 11.0. The molecular formula is C25H20F4N2O5S. The Kier molecular flexibility index (Phi) is 7.21. The molecule has 1 aliphatic rings. The molecule has 7 nitrogen and oxygen atoms in total. The number of aromatic nitrogens is 1. The van der Waals surface area contributed by atoms with Crippen molar-refractivity contribution in [2.45, 2.75) is 30.0 Å². The average molecular weight is 537 g/mol. The van der Waals surface area contributed by atoms with Crippen LogP contribution in [0.15, 0.2) is 65.7 Å². The number of fused-ring (bicyclic) bond motifs is 1. The first kappa shape index (κ1) is 26.1. The summed E-state index contributed by atoms with van der Waals surface area (Å²) in [6, 6.07) is 10.5. The number of aliphatic carboxylic acids is 1. The van der Waals surface area contributed by atoms with Crippen LogP contribution in [0.25, 0.3) is 12.2 Å². The summed E-state index contributed by atoms with van der Waals surface area (Å²) >= 11 is 0. The molecule has 12 heteroatoms. The van der Waals surface area contributed by atoms with Gasteiger partial charge in [-0.2, -0.15) is 13.2 Å². The van der Waals surface area contributed by atoms with Gasteiger partial charge in [-0.3, -0.25) is 14.1 Å². The van der Waals surface area contributed by atoms with Gasteiger partial charge in [0.1, 0.15) is 17.7 Å². The smallest absolute Gasteiger partial charge is 0.416 e. The van der Waals surface area contributed by atoms with Gasteiger partial charge in [0.2, 0.25) is 0 Å². The molecule has 0 saturated carbocycles. The number of sulfonamides is 1. The number of anilines is 1. The van der Waals surface area contributed by atoms with Crippen molar-refractivity contribution in [2.75, 3.05) is 10.8 Å². The number of carboxylic acid groups (broad SMARTS) is 1. The van der Waals surface area contributed by atoms with Crippen molar-refractivity contribution >= 4 is 33.8 Å². The van der Waals surface area contributed by atoms with Crippen molar-refractivity contribution in [2.24, 2.45) is 0 Å². The van der Waals surface area contributed by atoms with Gasteiger partial charge in [0, 0.05) is 12.6 Å². The third-order valence-corrected chi connectivity index (χ3v) is 7.34. The van der Waals surface area contributed by atoms with Crippen LogP contribution in [0.1, 0.15) is 29.7 Å². The largest absolute Gasteiger partial charge is 0.486 e. The number of carboxylic acids is 1. The molecule has 0 fully saturated rings. The summed E-state index contributed by atoms with van der Waals surface area (Å²) in [5.41, 5.74) is -0.578. The normalized spacial score (nSPS) is 15.9. The lowest BCUT2D eigenvalue weighted by atomic mass is 10.1. The second-order valence-corrected chi connectivity index (χ2v) is 10.0. The van der Waals surface area contributed by atoms with E-state index in [0.29, 0.717) is 11.6 Å². The van der Waals surface area contributed by atoms with Crippen molar-refractivity contribution in [3.63, 3.8) is 0 Å². The summed E-state index contributed by atoms with van der Waals surface area (Å²) in [5, 5.41) is 9.03. The molecule has 0 radical (unpaired) electrons. The highest BCUT2D eigenvalue weighted by Crippen LogP contribution is 2.40. The van der Waals surface area contributed by atoms with Crippen LogP contribution >= 0.6 is 0 Å². The predicted molar refractivity (Wildman–Crippen MR) is 127 cm³/mol. The van der Waals surface area contributed by atoms with Crippen LogP contribution in [0.5, 0.6) is 5.75 Å². The molecule has 2 aromatic carbocycles. The lowest BCUT2D eigenvalue weighted by molar-refractivity contribution is -0.138. The Labute approximate surface area is 209 Å². The lowest BCUT2D eigenvalue weighted by Crippen LogP contribution is -2.43. The SMILES string of the molecule is O=C(O)CC[C@H]1CN(S(=O)(=O)c2cccc(C(F)(F)F)c2)c2cc(/C=C/c3ncccc3F)ccc2O1. The third kappa shape index (κ3) is 5.91. The zero-order valence-corrected chi connectivity index (χ0v) is 19.8. The standard InChI is InChI=1S/C25H20F4N2O5S/c26-20-5-2-12-30-21(20)9-6-16-7-10-23-22(13-16)31(15-18(36-23)8-11-24(32)33)37(34,35)19-4-1-3-17(14-19)25(27,28)29/h1-7,9-10,12-14,18H,8,11,15H2,(H,32,33)/b9-6+/t18-/m0/s1. The lowest BCUT2D eigenvalue weighted by Gasteiger charge is -2.35. The molecule has 1 N–H and O–H groups in total. The van der Waals surface area contributed by atoms with E-state index in [0.717, 1.165) is 22.5 Å². The van der Waals surface area contributed by atoms with E-state index >= 15 is 0 Å². The van der Waals surface area contributed by atoms with Gasteiger partial charge in [0.25, 0.3) is 10.0 Å². The minimum absolute atomic E-state index is 0.0238. The van der Waals surface area contributed by atoms with E-state index < -0.39 is 44.5 Å². The van der Waals surface area contributed by atoms with E-state index in [9.17, 15) is 30.8 Å². The fraction of sp³-hybridized carbons (Fsp3) is 0.200. The molecule has 3 aromatic rings. The van der Waals surface area contributed by atoms with Crippen LogP contribution in [-0.2, 0) is 21.0 Å². The van der Waals surface area contributed by atoms with Gasteiger partial charge in [0.15, 0.2) is 0 Å². The first-order chi connectivity index (χ1) is 17.4. The maximum atomic E-state index is 13.9. The Morgan fingerprint density at radius 1 is 1.14 bits per heavy atom. The molecular weight excluding hydrogens is 516 g/mol. The number of ether oxygens (including phenoxy) is 1. The zero-order chi connectivity index (χ0) is 26.8. The quantitative estimate of drug-likeness (QED) is 0.416. The Hall–Kier alpha value is -3.93. The summed E-state index contributed by atoms with van der Waals surface area (Å²) in [7, 11) is -4.51. The van der Waals surface area contributed by atoms with Crippen molar-refractivity contribution in [3.05, 3.63) is 83.4 Å². The molecule has 0 saturated heterocycles. The summed E-state index contributed by atoms with van der Waals surface area (Å²) in [6.07, 6.45) is -1.63. The number of halogens is 4. The molecule has 1 aliphatic heterocycles. The number of hydrogen-bond acceptors (Lipinski definition) is 5. The molecule has 2 heterocycles. The van der Waals surface area contributed by atoms with Crippen LogP contribution in [0.4, 0.5) is 23.2 Å². The number of pyridine rings is 1. The Morgan fingerprint density at radius 3 is 2.62 bits per heavy atom. The van der Waals surface area contributed by atoms with Crippen molar-refractivity contribution in [1.29, 1.82) is 0 Å².